The zero-order chi connectivity index (χ0) is 31.8. The molecule has 0 saturated heterocycles. The molecule has 45 heavy (non-hydrogen) atoms. The number of benzene rings is 5. The fourth-order valence-corrected chi connectivity index (χ4v) is 7.53. The minimum atomic E-state index is -0.0745. The lowest BCUT2D eigenvalue weighted by Crippen LogP contribution is -2.27. The third-order valence-electron chi connectivity index (χ3n) is 9.14. The monoisotopic (exact) mass is 588 g/mol. The van der Waals surface area contributed by atoms with Crippen molar-refractivity contribution in [3.8, 4) is 44.5 Å². The first-order chi connectivity index (χ1) is 22.1. The van der Waals surface area contributed by atoms with E-state index >= 15 is 0 Å². The average Bonchev–Trinajstić information content (AvgIpc) is 3.38. The fourth-order valence-electron chi connectivity index (χ4n) is 7.53. The minimum absolute atomic E-state index is 0.0745. The van der Waals surface area contributed by atoms with Crippen molar-refractivity contribution in [2.75, 3.05) is 0 Å². The Morgan fingerprint density at radius 3 is 1.44 bits per heavy atom. The molecule has 0 heterocycles. The summed E-state index contributed by atoms with van der Waals surface area (Å²) >= 11 is 0. The van der Waals surface area contributed by atoms with Crippen LogP contribution in [0.4, 0.5) is 0 Å². The van der Waals surface area contributed by atoms with Crippen molar-refractivity contribution in [2.24, 2.45) is 0 Å². The highest BCUT2D eigenvalue weighted by molar-refractivity contribution is 5.97. The van der Waals surface area contributed by atoms with E-state index in [9.17, 15) is 0 Å². The van der Waals surface area contributed by atoms with Crippen molar-refractivity contribution in [3.05, 3.63) is 150 Å². The Hall–Kier alpha value is -4.42. The topological polar surface area (TPSA) is 0 Å². The molecule has 0 heteroatoms. The fraction of sp³-hybridized carbons (Fsp3) is 0.244. The summed E-state index contributed by atoms with van der Waals surface area (Å²) in [5.41, 5.74) is 16.2. The van der Waals surface area contributed by atoms with Crippen LogP contribution in [0.2, 0.25) is 0 Å². The van der Waals surface area contributed by atoms with E-state index < -0.39 is 0 Å². The molecule has 0 radical (unpaired) electrons. The van der Waals surface area contributed by atoms with E-state index in [0.29, 0.717) is 0 Å². The lowest BCUT2D eigenvalue weighted by atomic mass is 9.67. The largest absolute Gasteiger partial charge is 0.0871 e. The van der Waals surface area contributed by atoms with Crippen LogP contribution in [-0.2, 0) is 5.41 Å². The first-order valence-electron chi connectivity index (χ1n) is 17.0. The Labute approximate surface area is 272 Å². The van der Waals surface area contributed by atoms with E-state index in [1.54, 1.807) is 0 Å². The lowest BCUT2D eigenvalue weighted by Gasteiger charge is -2.35. The maximum absolute atomic E-state index is 2.49. The highest BCUT2D eigenvalue weighted by atomic mass is 14.5. The summed E-state index contributed by atoms with van der Waals surface area (Å²) < 4.78 is 0. The van der Waals surface area contributed by atoms with Gasteiger partial charge in [0.25, 0.3) is 0 Å². The van der Waals surface area contributed by atoms with Crippen molar-refractivity contribution in [1.29, 1.82) is 0 Å². The average molecular weight is 589 g/mol. The van der Waals surface area contributed by atoms with Crippen molar-refractivity contribution < 1.29 is 0 Å². The van der Waals surface area contributed by atoms with Crippen LogP contribution in [0.1, 0.15) is 83.9 Å². The zero-order valence-corrected chi connectivity index (χ0v) is 28.0. The molecule has 0 atom stereocenters. The van der Waals surface area contributed by atoms with Gasteiger partial charge in [-0.1, -0.05) is 150 Å². The van der Waals surface area contributed by atoms with Gasteiger partial charge in [-0.05, 0) is 118 Å². The molecule has 0 spiro atoms. The predicted octanol–water partition coefficient (Wildman–Crippen LogP) is 13.6. The second-order valence-corrected chi connectivity index (χ2v) is 11.8. The first kappa shape index (κ1) is 32.0. The number of fused-ring (bicyclic) bond motifs is 3. The van der Waals surface area contributed by atoms with Crippen molar-refractivity contribution in [3.63, 3.8) is 0 Å². The second kappa shape index (κ2) is 14.6. The quantitative estimate of drug-likeness (QED) is 0.150. The molecule has 0 amide bonds. The molecule has 0 fully saturated rings. The first-order valence-corrected chi connectivity index (χ1v) is 17.0. The molecule has 6 rings (SSSR count). The van der Waals surface area contributed by atoms with E-state index in [2.05, 4.69) is 161 Å². The summed E-state index contributed by atoms with van der Waals surface area (Å²) in [4.78, 5) is 0. The van der Waals surface area contributed by atoms with Crippen LogP contribution in [0.25, 0.3) is 50.1 Å². The Kier molecular flexibility index (Phi) is 10.4. The Morgan fingerprint density at radius 1 is 0.533 bits per heavy atom. The third kappa shape index (κ3) is 5.99. The molecule has 0 bridgehead atoms. The van der Waals surface area contributed by atoms with Gasteiger partial charge in [-0.3, -0.25) is 0 Å². The molecule has 5 aromatic carbocycles. The standard InChI is InChI=1S/C43H42.C2H6/c1-5-18-31(8-4)37-27-35(32-19-12-9-13-20-32)29-39-40-30-36(33-21-14-10-15-22-33)28-38(34-23-16-11-17-24-34)42(40)43(25-6-2,26-7-3)41(37)39;1-2/h5,8-24,27-30H,6-7,25-26H2,1-4H3;1-2H3/b18-5-,31-8+;. The molecule has 0 aromatic heterocycles. The van der Waals surface area contributed by atoms with E-state index in [-0.39, 0.29) is 5.41 Å². The molecular weight excluding hydrogens is 540 g/mol. The predicted molar refractivity (Wildman–Crippen MR) is 199 cm³/mol. The summed E-state index contributed by atoms with van der Waals surface area (Å²) in [6.45, 7) is 13.0. The maximum Gasteiger partial charge on any atom is 0.0227 e. The Morgan fingerprint density at radius 2 is 0.978 bits per heavy atom. The highest BCUT2D eigenvalue weighted by Crippen LogP contribution is 2.60. The van der Waals surface area contributed by atoms with Gasteiger partial charge in [0.2, 0.25) is 0 Å². The van der Waals surface area contributed by atoms with Crippen molar-refractivity contribution in [1.82, 2.24) is 0 Å². The number of allylic oxidation sites excluding steroid dienone is 4. The van der Waals surface area contributed by atoms with E-state index in [0.717, 1.165) is 25.7 Å². The number of rotatable bonds is 9. The van der Waals surface area contributed by atoms with Gasteiger partial charge in [0.05, 0.1) is 0 Å². The van der Waals surface area contributed by atoms with E-state index in [4.69, 9.17) is 0 Å². The highest BCUT2D eigenvalue weighted by Gasteiger charge is 2.46. The molecule has 0 aliphatic heterocycles. The Balaban J connectivity index is 0.00000196. The molecule has 1 aliphatic rings. The molecule has 0 nitrogen and oxygen atoms in total. The molecule has 0 saturated carbocycles. The van der Waals surface area contributed by atoms with Crippen LogP contribution in [0, 0.1) is 0 Å². The molecule has 228 valence electrons. The van der Waals surface area contributed by atoms with Crippen LogP contribution in [0.3, 0.4) is 0 Å². The van der Waals surface area contributed by atoms with Crippen LogP contribution < -0.4 is 0 Å². The number of hydrogen-bond donors (Lipinski definition) is 0. The van der Waals surface area contributed by atoms with E-state index in [1.165, 1.54) is 66.8 Å². The molecular formula is C45H48. The SMILES string of the molecule is C/C=C\C(=C/C)c1cc(-c2ccccc2)cc2c1C(CCC)(CCC)c1c(-c3ccccc3)cc(-c3ccccc3)cc1-2.CC. The van der Waals surface area contributed by atoms with Crippen LogP contribution >= 0.6 is 0 Å². The van der Waals surface area contributed by atoms with Crippen LogP contribution in [-0.4, -0.2) is 0 Å². The van der Waals surface area contributed by atoms with Gasteiger partial charge in [0.15, 0.2) is 0 Å². The lowest BCUT2D eigenvalue weighted by molar-refractivity contribution is 0.436. The zero-order valence-electron chi connectivity index (χ0n) is 28.0. The van der Waals surface area contributed by atoms with Crippen LogP contribution in [0.15, 0.2) is 133 Å². The van der Waals surface area contributed by atoms with Gasteiger partial charge in [-0.25, -0.2) is 0 Å². The summed E-state index contributed by atoms with van der Waals surface area (Å²) in [6, 6.07) is 42.8. The van der Waals surface area contributed by atoms with Crippen molar-refractivity contribution >= 4 is 5.57 Å². The second-order valence-electron chi connectivity index (χ2n) is 11.8. The van der Waals surface area contributed by atoms with Crippen LogP contribution in [0.5, 0.6) is 0 Å². The Bertz CT molecular complexity index is 1760. The van der Waals surface area contributed by atoms with Gasteiger partial charge in [-0.15, -0.1) is 0 Å². The smallest absolute Gasteiger partial charge is 0.0227 e. The summed E-state index contributed by atoms with van der Waals surface area (Å²) in [7, 11) is 0. The molecule has 5 aromatic rings. The third-order valence-corrected chi connectivity index (χ3v) is 9.14. The summed E-state index contributed by atoms with van der Waals surface area (Å²) in [5, 5.41) is 0. The van der Waals surface area contributed by atoms with Gasteiger partial charge in [0.1, 0.15) is 0 Å². The summed E-state index contributed by atoms with van der Waals surface area (Å²) in [5.74, 6) is 0. The normalized spacial score (nSPS) is 13.2. The molecule has 1 aliphatic carbocycles. The summed E-state index contributed by atoms with van der Waals surface area (Å²) in [6.07, 6.45) is 11.3. The van der Waals surface area contributed by atoms with Gasteiger partial charge >= 0.3 is 0 Å². The van der Waals surface area contributed by atoms with Gasteiger partial charge < -0.3 is 0 Å². The number of hydrogen-bond acceptors (Lipinski definition) is 0. The minimum Gasteiger partial charge on any atom is -0.0871 e. The maximum atomic E-state index is 2.49. The van der Waals surface area contributed by atoms with Gasteiger partial charge in [-0.2, -0.15) is 0 Å². The molecule has 0 unspecified atom stereocenters. The van der Waals surface area contributed by atoms with Gasteiger partial charge in [0, 0.05) is 5.41 Å². The van der Waals surface area contributed by atoms with Crippen molar-refractivity contribution in [2.45, 2.75) is 72.6 Å². The molecule has 0 N–H and O–H groups in total. The van der Waals surface area contributed by atoms with E-state index in [1.807, 2.05) is 13.8 Å².